The molecule has 0 saturated heterocycles. The third kappa shape index (κ3) is 3.88. The summed E-state index contributed by atoms with van der Waals surface area (Å²) in [5.41, 5.74) is 1.09. The van der Waals surface area contributed by atoms with E-state index in [-0.39, 0.29) is 29.3 Å². The van der Waals surface area contributed by atoms with Crippen LogP contribution in [0.1, 0.15) is 33.3 Å². The molecule has 7 heteroatoms. The van der Waals surface area contributed by atoms with Gasteiger partial charge in [0.2, 0.25) is 20.1 Å². The zero-order valence-corrected chi connectivity index (χ0v) is 15.9. The van der Waals surface area contributed by atoms with Crippen LogP contribution in [-0.4, -0.2) is 34.0 Å². The van der Waals surface area contributed by atoms with Crippen molar-refractivity contribution in [3.05, 3.63) is 42.0 Å². The smallest absolute Gasteiger partial charge is 0.337 e. The predicted molar refractivity (Wildman–Crippen MR) is 97.3 cm³/mol. The monoisotopic (exact) mass is 363 g/mol. The minimum Gasteiger partial charge on any atom is -0.492 e. The van der Waals surface area contributed by atoms with E-state index in [1.165, 1.54) is 12.1 Å². The summed E-state index contributed by atoms with van der Waals surface area (Å²) in [4.78, 5) is 28.0. The fourth-order valence-corrected chi connectivity index (χ4v) is 6.39. The fraction of sp³-hybridized carbons (Fsp3) is 0.389. The second kappa shape index (κ2) is 7.33. The Bertz CT molecular complexity index is 709. The molecule has 0 spiro atoms. The highest BCUT2D eigenvalue weighted by Gasteiger charge is 2.40. The first-order chi connectivity index (χ1) is 11.7. The molecular weight excluding hydrogens is 338 g/mol. The topological polar surface area (TPSA) is 91.9 Å². The van der Waals surface area contributed by atoms with Gasteiger partial charge in [-0.15, -0.1) is 4.73 Å². The van der Waals surface area contributed by atoms with E-state index in [1.54, 1.807) is 12.1 Å². The summed E-state index contributed by atoms with van der Waals surface area (Å²) in [7, 11) is -2.60. The van der Waals surface area contributed by atoms with Gasteiger partial charge in [-0.2, -0.15) is 0 Å². The van der Waals surface area contributed by atoms with Gasteiger partial charge in [-0.3, -0.25) is 0 Å². The van der Waals surface area contributed by atoms with E-state index < -0.39 is 14.3 Å². The van der Waals surface area contributed by atoms with Gasteiger partial charge in [0.15, 0.2) is 0 Å². The third-order valence-electron chi connectivity index (χ3n) is 4.52. The number of benzene rings is 1. The number of aromatic nitrogens is 1. The molecule has 0 fully saturated rings. The van der Waals surface area contributed by atoms with Crippen molar-refractivity contribution >= 4 is 19.5 Å². The maximum absolute atomic E-state index is 12.0. The van der Waals surface area contributed by atoms with Crippen molar-refractivity contribution in [2.24, 2.45) is 0 Å². The molecule has 0 atom stereocenters. The van der Waals surface area contributed by atoms with Crippen molar-refractivity contribution in [2.75, 3.05) is 0 Å². The standard InChI is InChI=1S/C18H25NO5Si/c1-12(2)25(23,13(3)4)15-7-5-14(6-8-15)11-18(22)24-19-16(20)9-10-17(19)21/h5-10,12-13,20-21,23H,11H2,1-4H3. The average Bonchev–Trinajstić information content (AvgIpc) is 2.86. The largest absolute Gasteiger partial charge is 0.492 e. The van der Waals surface area contributed by atoms with Crippen LogP contribution >= 0.6 is 0 Å². The Balaban J connectivity index is 2.11. The Morgan fingerprint density at radius 3 is 1.92 bits per heavy atom. The van der Waals surface area contributed by atoms with Crippen LogP contribution in [0.25, 0.3) is 0 Å². The lowest BCUT2D eigenvalue weighted by molar-refractivity contribution is -0.144. The summed E-state index contributed by atoms with van der Waals surface area (Å²) < 4.78 is 0.667. The van der Waals surface area contributed by atoms with E-state index >= 15 is 0 Å². The fourth-order valence-electron chi connectivity index (χ4n) is 3.02. The Morgan fingerprint density at radius 2 is 1.48 bits per heavy atom. The van der Waals surface area contributed by atoms with Gasteiger partial charge in [0.25, 0.3) is 0 Å². The van der Waals surface area contributed by atoms with Gasteiger partial charge in [0, 0.05) is 12.1 Å². The van der Waals surface area contributed by atoms with Crippen LogP contribution in [0, 0.1) is 0 Å². The zero-order chi connectivity index (χ0) is 18.8. The number of carbonyl (C=O) groups is 1. The molecule has 3 N–H and O–H groups in total. The molecule has 136 valence electrons. The quantitative estimate of drug-likeness (QED) is 0.683. The molecule has 1 heterocycles. The van der Waals surface area contributed by atoms with E-state index in [0.29, 0.717) is 4.73 Å². The lowest BCUT2D eigenvalue weighted by atomic mass is 10.2. The zero-order valence-electron chi connectivity index (χ0n) is 14.9. The molecule has 25 heavy (non-hydrogen) atoms. The van der Waals surface area contributed by atoms with Gasteiger partial charge in [-0.25, -0.2) is 4.79 Å². The second-order valence-corrected chi connectivity index (χ2v) is 11.4. The molecule has 0 bridgehead atoms. The highest BCUT2D eigenvalue weighted by Crippen LogP contribution is 2.29. The number of hydrogen-bond acceptors (Lipinski definition) is 5. The van der Waals surface area contributed by atoms with Gasteiger partial charge in [-0.1, -0.05) is 52.0 Å². The van der Waals surface area contributed by atoms with Crippen molar-refractivity contribution in [3.63, 3.8) is 0 Å². The van der Waals surface area contributed by atoms with Crippen LogP contribution < -0.4 is 10.0 Å². The summed E-state index contributed by atoms with van der Waals surface area (Å²) in [5.74, 6) is -1.33. The molecule has 0 aliphatic carbocycles. The van der Waals surface area contributed by atoms with E-state index in [0.717, 1.165) is 10.8 Å². The molecule has 2 aromatic rings. The molecule has 1 aromatic heterocycles. The Kier molecular flexibility index (Phi) is 5.59. The van der Waals surface area contributed by atoms with Crippen LogP contribution in [0.5, 0.6) is 11.8 Å². The minimum atomic E-state index is -2.60. The summed E-state index contributed by atoms with van der Waals surface area (Å²) in [6.45, 7) is 8.14. The van der Waals surface area contributed by atoms with Gasteiger partial charge in [-0.05, 0) is 21.8 Å². The summed E-state index contributed by atoms with van der Waals surface area (Å²) in [6, 6.07) is 9.80. The van der Waals surface area contributed by atoms with E-state index in [1.807, 2.05) is 39.8 Å². The second-order valence-electron chi connectivity index (χ2n) is 6.82. The molecule has 0 aliphatic rings. The van der Waals surface area contributed by atoms with Crippen LogP contribution in [-0.2, 0) is 11.2 Å². The van der Waals surface area contributed by atoms with Crippen LogP contribution in [0.3, 0.4) is 0 Å². The number of hydrogen-bond donors (Lipinski definition) is 3. The summed E-state index contributed by atoms with van der Waals surface area (Å²) >= 11 is 0. The van der Waals surface area contributed by atoms with Gasteiger partial charge in [0.05, 0.1) is 6.42 Å². The maximum Gasteiger partial charge on any atom is 0.337 e. The predicted octanol–water partition coefficient (Wildman–Crippen LogP) is 2.06. The van der Waals surface area contributed by atoms with E-state index in [9.17, 15) is 19.8 Å². The number of aromatic hydroxyl groups is 2. The molecular formula is C18H25NO5Si. The number of nitrogens with zero attached hydrogens (tertiary/aromatic N) is 1. The van der Waals surface area contributed by atoms with Crippen molar-refractivity contribution in [2.45, 2.75) is 45.2 Å². The molecule has 0 amide bonds. The number of rotatable bonds is 6. The Morgan fingerprint density at radius 1 is 1.00 bits per heavy atom. The highest BCUT2D eigenvalue weighted by molar-refractivity contribution is 6.87. The van der Waals surface area contributed by atoms with Crippen molar-refractivity contribution in [1.82, 2.24) is 4.73 Å². The maximum atomic E-state index is 12.0. The highest BCUT2D eigenvalue weighted by atomic mass is 28.4. The summed E-state index contributed by atoms with van der Waals surface area (Å²) in [5, 5.41) is 19.9. The van der Waals surface area contributed by atoms with Crippen molar-refractivity contribution in [3.8, 4) is 11.8 Å². The first kappa shape index (κ1) is 19.1. The first-order valence-electron chi connectivity index (χ1n) is 8.28. The SMILES string of the molecule is CC(C)[Si](O)(c1ccc(CC(=O)On2c(O)ccc2O)cc1)C(C)C. The summed E-state index contributed by atoms with van der Waals surface area (Å²) in [6.07, 6.45) is -0.0132. The molecule has 6 nitrogen and oxygen atoms in total. The van der Waals surface area contributed by atoms with Crippen LogP contribution in [0.15, 0.2) is 36.4 Å². The van der Waals surface area contributed by atoms with E-state index in [4.69, 9.17) is 4.84 Å². The third-order valence-corrected chi connectivity index (χ3v) is 9.30. The molecule has 0 unspecified atom stereocenters. The van der Waals surface area contributed by atoms with Gasteiger partial charge in [0.1, 0.15) is 0 Å². The molecule has 2 rings (SSSR count). The Labute approximate surface area is 148 Å². The van der Waals surface area contributed by atoms with Gasteiger partial charge >= 0.3 is 5.97 Å². The van der Waals surface area contributed by atoms with Crippen LogP contribution in [0.4, 0.5) is 0 Å². The molecule has 0 aliphatic heterocycles. The lowest BCUT2D eigenvalue weighted by Gasteiger charge is -2.33. The Hall–Kier alpha value is -2.25. The molecule has 1 aromatic carbocycles. The van der Waals surface area contributed by atoms with Gasteiger partial charge < -0.3 is 19.8 Å². The average molecular weight is 363 g/mol. The van der Waals surface area contributed by atoms with E-state index in [2.05, 4.69) is 0 Å². The van der Waals surface area contributed by atoms with Crippen LogP contribution in [0.2, 0.25) is 11.1 Å². The lowest BCUT2D eigenvalue weighted by Crippen LogP contribution is -2.53. The van der Waals surface area contributed by atoms with Crippen molar-refractivity contribution in [1.29, 1.82) is 0 Å². The molecule has 0 saturated carbocycles. The molecule has 0 radical (unpaired) electrons. The first-order valence-corrected chi connectivity index (χ1v) is 10.4. The minimum absolute atomic E-state index is 0.0132. The van der Waals surface area contributed by atoms with Crippen molar-refractivity contribution < 1.29 is 24.6 Å². The number of carbonyl (C=O) groups excluding carboxylic acids is 1. The normalized spacial score (nSPS) is 12.0.